The van der Waals surface area contributed by atoms with Gasteiger partial charge in [-0.05, 0) is 32.1 Å². The lowest BCUT2D eigenvalue weighted by molar-refractivity contribution is -0.0496. The highest BCUT2D eigenvalue weighted by molar-refractivity contribution is 7.90. The second kappa shape index (κ2) is 9.41. The van der Waals surface area contributed by atoms with Crippen LogP contribution in [0.1, 0.15) is 26.2 Å². The number of sulfonamides is 1. The highest BCUT2D eigenvalue weighted by Crippen LogP contribution is 2.30. The summed E-state index contributed by atoms with van der Waals surface area (Å²) in [7, 11) is -6.77. The van der Waals surface area contributed by atoms with Crippen LogP contribution in [0.15, 0.2) is 4.99 Å². The minimum atomic E-state index is -5.27. The zero-order valence-electron chi connectivity index (χ0n) is 15.6. The van der Waals surface area contributed by atoms with Crippen LogP contribution in [0.4, 0.5) is 13.2 Å². The molecule has 0 bridgehead atoms. The third-order valence-corrected chi connectivity index (χ3v) is 6.90. The van der Waals surface area contributed by atoms with E-state index in [1.165, 1.54) is 0 Å². The van der Waals surface area contributed by atoms with Gasteiger partial charge in [0.15, 0.2) is 5.96 Å². The molecule has 0 aliphatic carbocycles. The second-order valence-electron chi connectivity index (χ2n) is 6.71. The predicted molar refractivity (Wildman–Crippen MR) is 97.6 cm³/mol. The maximum Gasteiger partial charge on any atom is 0.511 e. The van der Waals surface area contributed by atoms with Gasteiger partial charge in [0.2, 0.25) is 0 Å². The molecule has 1 unspecified atom stereocenters. The van der Waals surface area contributed by atoms with Crippen LogP contribution in [0.25, 0.3) is 0 Å². The molecule has 0 amide bonds. The lowest BCUT2D eigenvalue weighted by atomic mass is 9.98. The molecule has 1 aliphatic heterocycles. The van der Waals surface area contributed by atoms with Gasteiger partial charge in [0.25, 0.3) is 0 Å². The molecular formula is C14H27F3N4O4S2. The molecule has 1 heterocycles. The van der Waals surface area contributed by atoms with E-state index in [2.05, 4.69) is 15.6 Å². The fourth-order valence-corrected chi connectivity index (χ4v) is 4.40. The van der Waals surface area contributed by atoms with Crippen molar-refractivity contribution in [2.75, 3.05) is 38.7 Å². The number of hydrogen-bond acceptors (Lipinski definition) is 5. The fraction of sp³-hybridized carbons (Fsp3) is 0.929. The SMILES string of the molecule is CN=C(NCC1CCN(S(=O)(=O)C(F)(F)F)CC1)NC(C)CCS(C)(=O)=O. The molecule has 0 aromatic carbocycles. The number of nitrogens with zero attached hydrogens (tertiary/aromatic N) is 2. The highest BCUT2D eigenvalue weighted by Gasteiger charge is 2.50. The van der Waals surface area contributed by atoms with Crippen molar-refractivity contribution in [1.82, 2.24) is 14.9 Å². The number of nitrogens with one attached hydrogen (secondary N) is 2. The minimum absolute atomic E-state index is 0.00885. The third-order valence-electron chi connectivity index (χ3n) is 4.29. The molecule has 160 valence electrons. The molecule has 0 aromatic rings. The van der Waals surface area contributed by atoms with Gasteiger partial charge in [0.1, 0.15) is 9.84 Å². The van der Waals surface area contributed by atoms with Crippen molar-refractivity contribution in [2.45, 2.75) is 37.7 Å². The van der Waals surface area contributed by atoms with Crippen molar-refractivity contribution in [1.29, 1.82) is 0 Å². The van der Waals surface area contributed by atoms with Crippen molar-refractivity contribution < 1.29 is 30.0 Å². The van der Waals surface area contributed by atoms with Crippen LogP contribution in [0.2, 0.25) is 0 Å². The molecule has 0 radical (unpaired) electrons. The monoisotopic (exact) mass is 436 g/mol. The maximum atomic E-state index is 12.6. The van der Waals surface area contributed by atoms with Crippen molar-refractivity contribution >= 4 is 25.8 Å². The molecule has 2 N–H and O–H groups in total. The van der Waals surface area contributed by atoms with Crippen molar-refractivity contribution in [3.05, 3.63) is 0 Å². The molecule has 1 rings (SSSR count). The van der Waals surface area contributed by atoms with Crippen LogP contribution in [-0.2, 0) is 19.9 Å². The summed E-state index contributed by atoms with van der Waals surface area (Å²) in [6.07, 6.45) is 2.19. The van der Waals surface area contributed by atoms with E-state index in [1.54, 1.807) is 7.05 Å². The van der Waals surface area contributed by atoms with E-state index in [1.807, 2.05) is 6.92 Å². The lowest BCUT2D eigenvalue weighted by Gasteiger charge is -2.32. The first kappa shape index (κ1) is 24.0. The summed E-state index contributed by atoms with van der Waals surface area (Å²) >= 11 is 0. The molecule has 0 aromatic heterocycles. The standard InChI is InChI=1S/C14H27F3N4O4S2/c1-11(6-9-26(3,22)23)20-13(18-2)19-10-12-4-7-21(8-5-12)27(24,25)14(15,16)17/h11-12H,4-10H2,1-3H3,(H2,18,19,20). The van der Waals surface area contributed by atoms with Gasteiger partial charge in [-0.15, -0.1) is 0 Å². The Morgan fingerprint density at radius 1 is 1.22 bits per heavy atom. The van der Waals surface area contributed by atoms with Gasteiger partial charge in [0.05, 0.1) is 5.75 Å². The molecule has 27 heavy (non-hydrogen) atoms. The molecule has 0 saturated carbocycles. The van der Waals surface area contributed by atoms with E-state index in [9.17, 15) is 30.0 Å². The first-order chi connectivity index (χ1) is 12.3. The highest BCUT2D eigenvalue weighted by atomic mass is 32.2. The van der Waals surface area contributed by atoms with Crippen molar-refractivity contribution in [3.8, 4) is 0 Å². The molecular weight excluding hydrogens is 409 g/mol. The summed E-state index contributed by atoms with van der Waals surface area (Å²) in [5.74, 6) is 0.514. The number of hydrogen-bond donors (Lipinski definition) is 2. The Labute approximate surface area is 158 Å². The molecule has 1 saturated heterocycles. The topological polar surface area (TPSA) is 108 Å². The zero-order valence-corrected chi connectivity index (χ0v) is 17.2. The van der Waals surface area contributed by atoms with E-state index in [0.717, 1.165) is 6.26 Å². The van der Waals surface area contributed by atoms with Crippen LogP contribution in [-0.4, -0.2) is 77.3 Å². The second-order valence-corrected chi connectivity index (χ2v) is 10.9. The first-order valence-corrected chi connectivity index (χ1v) is 12.0. The number of alkyl halides is 3. The number of sulfone groups is 1. The summed E-state index contributed by atoms with van der Waals surface area (Å²) in [4.78, 5) is 4.03. The van der Waals surface area contributed by atoms with Gasteiger partial charge in [-0.2, -0.15) is 17.5 Å². The van der Waals surface area contributed by atoms with Gasteiger partial charge in [-0.25, -0.2) is 16.8 Å². The van der Waals surface area contributed by atoms with Gasteiger partial charge < -0.3 is 10.6 Å². The number of rotatable bonds is 7. The van der Waals surface area contributed by atoms with Crippen molar-refractivity contribution in [2.24, 2.45) is 10.9 Å². The van der Waals surface area contributed by atoms with E-state index in [0.29, 0.717) is 36.1 Å². The summed E-state index contributed by atoms with van der Waals surface area (Å²) in [6, 6.07) is -0.135. The first-order valence-electron chi connectivity index (χ1n) is 8.47. The van der Waals surface area contributed by atoms with Crippen LogP contribution in [0, 0.1) is 5.92 Å². The Hall–Kier alpha value is -1.08. The molecule has 0 spiro atoms. The Morgan fingerprint density at radius 2 is 1.78 bits per heavy atom. The summed E-state index contributed by atoms with van der Waals surface area (Å²) < 4.78 is 83.4. The number of aliphatic imine (C=N–C) groups is 1. The van der Waals surface area contributed by atoms with Gasteiger partial charge in [0, 0.05) is 39.0 Å². The Morgan fingerprint density at radius 3 is 2.22 bits per heavy atom. The quantitative estimate of drug-likeness (QED) is 0.445. The summed E-state index contributed by atoms with van der Waals surface area (Å²) in [6.45, 7) is 1.90. The Kier molecular flexibility index (Phi) is 8.35. The van der Waals surface area contributed by atoms with Crippen LogP contribution in [0.5, 0.6) is 0 Å². The normalized spacial score (nSPS) is 19.7. The smallest absolute Gasteiger partial charge is 0.356 e. The number of halogens is 3. The van der Waals surface area contributed by atoms with E-state index < -0.39 is 25.4 Å². The lowest BCUT2D eigenvalue weighted by Crippen LogP contribution is -2.48. The predicted octanol–water partition coefficient (Wildman–Crippen LogP) is 0.536. The Balaban J connectivity index is 2.44. The van der Waals surface area contributed by atoms with E-state index in [-0.39, 0.29) is 30.8 Å². The minimum Gasteiger partial charge on any atom is -0.356 e. The fourth-order valence-electron chi connectivity index (χ4n) is 2.63. The van der Waals surface area contributed by atoms with Gasteiger partial charge >= 0.3 is 15.5 Å². The average Bonchev–Trinajstić information content (AvgIpc) is 2.55. The van der Waals surface area contributed by atoms with Gasteiger partial charge in [-0.3, -0.25) is 4.99 Å². The van der Waals surface area contributed by atoms with Crippen molar-refractivity contribution in [3.63, 3.8) is 0 Å². The van der Waals surface area contributed by atoms with E-state index in [4.69, 9.17) is 0 Å². The molecule has 1 fully saturated rings. The number of guanidine groups is 1. The van der Waals surface area contributed by atoms with E-state index >= 15 is 0 Å². The Bertz CT molecular complexity index is 715. The summed E-state index contributed by atoms with van der Waals surface area (Å²) in [5, 5.41) is 6.10. The maximum absolute atomic E-state index is 12.6. The third kappa shape index (κ3) is 7.82. The van der Waals surface area contributed by atoms with Crippen LogP contribution >= 0.6 is 0 Å². The average molecular weight is 437 g/mol. The molecule has 13 heteroatoms. The summed E-state index contributed by atoms with van der Waals surface area (Å²) in [5.41, 5.74) is -5.27. The van der Waals surface area contributed by atoms with Gasteiger partial charge in [-0.1, -0.05) is 0 Å². The molecule has 1 aliphatic rings. The van der Waals surface area contributed by atoms with Crippen LogP contribution in [0.3, 0.4) is 0 Å². The zero-order chi connectivity index (χ0) is 20.9. The largest absolute Gasteiger partial charge is 0.511 e. The molecule has 8 nitrogen and oxygen atoms in total. The molecule has 1 atom stereocenters. The number of piperidine rings is 1. The van der Waals surface area contributed by atoms with Crippen LogP contribution < -0.4 is 10.6 Å².